The number of anilines is 1. The SMILES string of the molecule is CCOc1ccc([C@H]2NC(=O)NC(CN3CCN(c4ccccn4)CC3)=C2C(=O)OC)cc1. The van der Waals surface area contributed by atoms with Crippen LogP contribution in [0.1, 0.15) is 18.5 Å². The van der Waals surface area contributed by atoms with Crippen LogP contribution in [0.15, 0.2) is 59.9 Å². The number of nitrogens with one attached hydrogen (secondary N) is 2. The molecular formula is C24H29N5O4. The van der Waals surface area contributed by atoms with Crippen molar-refractivity contribution < 1.29 is 19.1 Å². The Balaban J connectivity index is 1.53. The summed E-state index contributed by atoms with van der Waals surface area (Å²) in [5.41, 5.74) is 1.76. The number of benzene rings is 1. The molecule has 9 nitrogen and oxygen atoms in total. The number of urea groups is 1. The summed E-state index contributed by atoms with van der Waals surface area (Å²) >= 11 is 0. The van der Waals surface area contributed by atoms with Crippen molar-refractivity contribution >= 4 is 17.8 Å². The van der Waals surface area contributed by atoms with Gasteiger partial charge < -0.3 is 25.0 Å². The van der Waals surface area contributed by atoms with E-state index in [1.165, 1.54) is 7.11 Å². The molecule has 174 valence electrons. The van der Waals surface area contributed by atoms with E-state index in [-0.39, 0.29) is 6.03 Å². The maximum atomic E-state index is 12.8. The Bertz CT molecular complexity index is 1000. The average Bonchev–Trinajstić information content (AvgIpc) is 2.85. The van der Waals surface area contributed by atoms with Crippen molar-refractivity contribution in [1.29, 1.82) is 0 Å². The van der Waals surface area contributed by atoms with Gasteiger partial charge in [-0.2, -0.15) is 0 Å². The Morgan fingerprint density at radius 2 is 1.88 bits per heavy atom. The summed E-state index contributed by atoms with van der Waals surface area (Å²) in [6, 6.07) is 12.3. The molecule has 1 fully saturated rings. The first-order valence-electron chi connectivity index (χ1n) is 11.1. The van der Waals surface area contributed by atoms with E-state index >= 15 is 0 Å². The van der Waals surface area contributed by atoms with Crippen LogP contribution in [-0.2, 0) is 9.53 Å². The first-order valence-corrected chi connectivity index (χ1v) is 11.1. The van der Waals surface area contributed by atoms with Crippen LogP contribution in [0.25, 0.3) is 0 Å². The Labute approximate surface area is 193 Å². The van der Waals surface area contributed by atoms with Crippen LogP contribution in [0.5, 0.6) is 5.75 Å². The maximum absolute atomic E-state index is 12.8. The number of ether oxygens (including phenoxy) is 2. The van der Waals surface area contributed by atoms with Crippen LogP contribution >= 0.6 is 0 Å². The number of carbonyl (C=O) groups is 2. The van der Waals surface area contributed by atoms with Gasteiger partial charge in [0.15, 0.2) is 0 Å². The molecule has 33 heavy (non-hydrogen) atoms. The van der Waals surface area contributed by atoms with Crippen molar-refractivity contribution in [2.45, 2.75) is 13.0 Å². The predicted molar refractivity (Wildman–Crippen MR) is 124 cm³/mol. The van der Waals surface area contributed by atoms with Crippen LogP contribution in [0.3, 0.4) is 0 Å². The van der Waals surface area contributed by atoms with Crippen molar-refractivity contribution in [3.63, 3.8) is 0 Å². The number of esters is 1. The number of methoxy groups -OCH3 is 1. The van der Waals surface area contributed by atoms with E-state index in [9.17, 15) is 9.59 Å². The van der Waals surface area contributed by atoms with Gasteiger partial charge in [0.05, 0.1) is 25.3 Å². The van der Waals surface area contributed by atoms with Gasteiger partial charge in [0, 0.05) is 44.6 Å². The van der Waals surface area contributed by atoms with E-state index in [2.05, 4.69) is 25.4 Å². The van der Waals surface area contributed by atoms with Crippen LogP contribution < -0.4 is 20.3 Å². The van der Waals surface area contributed by atoms with E-state index < -0.39 is 12.0 Å². The highest BCUT2D eigenvalue weighted by atomic mass is 16.5. The quantitative estimate of drug-likeness (QED) is 0.623. The van der Waals surface area contributed by atoms with Crippen LogP contribution in [0, 0.1) is 0 Å². The number of hydrogen-bond donors (Lipinski definition) is 2. The lowest BCUT2D eigenvalue weighted by atomic mass is 9.95. The molecule has 3 heterocycles. The molecule has 0 spiro atoms. The molecule has 4 rings (SSSR count). The highest BCUT2D eigenvalue weighted by molar-refractivity contribution is 5.95. The summed E-state index contributed by atoms with van der Waals surface area (Å²) in [5, 5.41) is 5.70. The molecule has 2 N–H and O–H groups in total. The van der Waals surface area contributed by atoms with E-state index in [4.69, 9.17) is 9.47 Å². The van der Waals surface area contributed by atoms with Crippen molar-refractivity contribution in [3.8, 4) is 5.75 Å². The summed E-state index contributed by atoms with van der Waals surface area (Å²) < 4.78 is 10.6. The van der Waals surface area contributed by atoms with E-state index in [1.807, 2.05) is 49.4 Å². The van der Waals surface area contributed by atoms with Crippen molar-refractivity contribution in [3.05, 3.63) is 65.5 Å². The smallest absolute Gasteiger partial charge is 0.338 e. The highest BCUT2D eigenvalue weighted by Crippen LogP contribution is 2.29. The molecule has 1 aromatic heterocycles. The first-order chi connectivity index (χ1) is 16.1. The van der Waals surface area contributed by atoms with Crippen molar-refractivity contribution in [1.82, 2.24) is 20.5 Å². The number of piperazine rings is 1. The largest absolute Gasteiger partial charge is 0.494 e. The summed E-state index contributed by atoms with van der Waals surface area (Å²) in [6.07, 6.45) is 1.79. The molecule has 1 atom stereocenters. The van der Waals surface area contributed by atoms with Gasteiger partial charge in [-0.05, 0) is 36.8 Å². The zero-order valence-electron chi connectivity index (χ0n) is 18.9. The summed E-state index contributed by atoms with van der Waals surface area (Å²) in [6.45, 7) is 6.12. The monoisotopic (exact) mass is 451 g/mol. The fourth-order valence-electron chi connectivity index (χ4n) is 4.17. The minimum atomic E-state index is -0.605. The molecule has 2 aliphatic rings. The Hall–Kier alpha value is -3.59. The number of amides is 2. The molecule has 9 heteroatoms. The lowest BCUT2D eigenvalue weighted by molar-refractivity contribution is -0.136. The number of pyridine rings is 1. The van der Waals surface area contributed by atoms with Gasteiger partial charge >= 0.3 is 12.0 Å². The lowest BCUT2D eigenvalue weighted by Crippen LogP contribution is -2.51. The second-order valence-electron chi connectivity index (χ2n) is 7.87. The third-order valence-corrected chi connectivity index (χ3v) is 5.81. The average molecular weight is 452 g/mol. The fraction of sp³-hybridized carbons (Fsp3) is 0.375. The standard InChI is InChI=1S/C24H29N5O4/c1-3-33-18-9-7-17(8-10-18)22-21(23(30)32-2)19(26-24(31)27-22)16-28-12-14-29(15-13-28)20-6-4-5-11-25-20/h4-11,22H,3,12-16H2,1-2H3,(H2,26,27,31)/t22-/m1/s1. The lowest BCUT2D eigenvalue weighted by Gasteiger charge is -2.37. The molecule has 1 saturated heterocycles. The van der Waals surface area contributed by atoms with Gasteiger partial charge in [0.2, 0.25) is 0 Å². The minimum Gasteiger partial charge on any atom is -0.494 e. The summed E-state index contributed by atoms with van der Waals surface area (Å²) in [5.74, 6) is 1.22. The Kier molecular flexibility index (Phi) is 7.09. The first kappa shape index (κ1) is 22.6. The van der Waals surface area contributed by atoms with Gasteiger partial charge in [-0.15, -0.1) is 0 Å². The van der Waals surface area contributed by atoms with Crippen LogP contribution in [0.4, 0.5) is 10.6 Å². The Morgan fingerprint density at radius 3 is 2.52 bits per heavy atom. The number of rotatable bonds is 7. The Morgan fingerprint density at radius 1 is 1.12 bits per heavy atom. The number of hydrogen-bond acceptors (Lipinski definition) is 7. The molecule has 0 radical (unpaired) electrons. The molecular weight excluding hydrogens is 422 g/mol. The fourth-order valence-corrected chi connectivity index (χ4v) is 4.17. The van der Waals surface area contributed by atoms with Gasteiger partial charge in [0.1, 0.15) is 11.6 Å². The van der Waals surface area contributed by atoms with E-state index in [0.29, 0.717) is 24.4 Å². The number of carbonyl (C=O) groups excluding carboxylic acids is 2. The van der Waals surface area contributed by atoms with Crippen LogP contribution in [-0.4, -0.2) is 68.3 Å². The van der Waals surface area contributed by atoms with Gasteiger partial charge in [-0.1, -0.05) is 18.2 Å². The van der Waals surface area contributed by atoms with Gasteiger partial charge in [-0.25, -0.2) is 14.6 Å². The normalized spacial score (nSPS) is 19.0. The van der Waals surface area contributed by atoms with Crippen molar-refractivity contribution in [2.75, 3.05) is 51.3 Å². The maximum Gasteiger partial charge on any atom is 0.338 e. The molecule has 2 aliphatic heterocycles. The van der Waals surface area contributed by atoms with Crippen molar-refractivity contribution in [2.24, 2.45) is 0 Å². The zero-order valence-corrected chi connectivity index (χ0v) is 18.9. The third kappa shape index (κ3) is 5.25. The summed E-state index contributed by atoms with van der Waals surface area (Å²) in [7, 11) is 1.35. The van der Waals surface area contributed by atoms with E-state index in [1.54, 1.807) is 6.20 Å². The number of aromatic nitrogens is 1. The highest BCUT2D eigenvalue weighted by Gasteiger charge is 2.34. The molecule has 0 unspecified atom stereocenters. The van der Waals surface area contributed by atoms with Crippen LogP contribution in [0.2, 0.25) is 0 Å². The molecule has 1 aromatic carbocycles. The van der Waals surface area contributed by atoms with E-state index in [0.717, 1.165) is 43.3 Å². The molecule has 0 aliphatic carbocycles. The second-order valence-corrected chi connectivity index (χ2v) is 7.87. The second kappa shape index (κ2) is 10.4. The van der Waals surface area contributed by atoms with Gasteiger partial charge in [-0.3, -0.25) is 4.90 Å². The topological polar surface area (TPSA) is 96.0 Å². The molecule has 0 bridgehead atoms. The van der Waals surface area contributed by atoms with Gasteiger partial charge in [0.25, 0.3) is 0 Å². The summed E-state index contributed by atoms with van der Waals surface area (Å²) in [4.78, 5) is 34.2. The molecule has 2 amide bonds. The third-order valence-electron chi connectivity index (χ3n) is 5.81. The molecule has 2 aromatic rings. The predicted octanol–water partition coefficient (Wildman–Crippen LogP) is 2.08. The minimum absolute atomic E-state index is 0.344. The molecule has 0 saturated carbocycles. The zero-order chi connectivity index (χ0) is 23.2. The number of nitrogens with zero attached hydrogens (tertiary/aromatic N) is 3.